The van der Waals surface area contributed by atoms with Crippen molar-refractivity contribution in [3.63, 3.8) is 0 Å². The van der Waals surface area contributed by atoms with E-state index in [1.807, 2.05) is 30.3 Å². The van der Waals surface area contributed by atoms with E-state index in [1.165, 1.54) is 31.8 Å². The van der Waals surface area contributed by atoms with Crippen LogP contribution in [0.4, 0.5) is 0 Å². The number of aromatic nitrogens is 4. The molecule has 0 aliphatic rings. The summed E-state index contributed by atoms with van der Waals surface area (Å²) in [4.78, 5) is 15.6. The molecule has 12 rings (SSSR count). The van der Waals surface area contributed by atoms with Crippen molar-refractivity contribution in [2.24, 2.45) is 0 Å². The summed E-state index contributed by atoms with van der Waals surface area (Å²) in [5.41, 5.74) is 10.2. The Balaban J connectivity index is 1.09. The van der Waals surface area contributed by atoms with Gasteiger partial charge < -0.3 is 8.98 Å². The first-order valence-corrected chi connectivity index (χ1v) is 19.8. The molecule has 0 bridgehead atoms. The maximum Gasteiger partial charge on any atom is 0.165 e. The quantitative estimate of drug-likeness (QED) is 0.176. The summed E-state index contributed by atoms with van der Waals surface area (Å²) >= 11 is 1.78. The number of nitrogens with zero attached hydrogens (tertiary/aromatic N) is 4. The summed E-state index contributed by atoms with van der Waals surface area (Å²) < 4.78 is 11.3. The number of para-hydroxylation sites is 2. The van der Waals surface area contributed by atoms with Gasteiger partial charge >= 0.3 is 0 Å². The smallest absolute Gasteiger partial charge is 0.165 e. The number of benzene rings is 8. The summed E-state index contributed by atoms with van der Waals surface area (Å²) in [5.74, 6) is 1.87. The summed E-state index contributed by atoms with van der Waals surface area (Å²) in [6.45, 7) is 0. The van der Waals surface area contributed by atoms with Gasteiger partial charge in [-0.05, 0) is 65.7 Å². The minimum absolute atomic E-state index is 0.601. The first kappa shape index (κ1) is 31.9. The SMILES string of the molecule is c1ccc(-c2nc(-c3cccc4c3sc3ccccc34)nc(-c3cccc4oc5ccc(-c6cccc7c6c6ccccc6n7-c6ccccc6)cc5c34)n2)cc1. The molecule has 0 N–H and O–H groups in total. The number of hydrogen-bond acceptors (Lipinski definition) is 5. The van der Waals surface area contributed by atoms with Gasteiger partial charge in [0, 0.05) is 64.1 Å². The lowest BCUT2D eigenvalue weighted by molar-refractivity contribution is 0.669. The normalized spacial score (nSPS) is 11.9. The van der Waals surface area contributed by atoms with E-state index in [2.05, 4.69) is 156 Å². The molecule has 0 fully saturated rings. The molecular formula is C51H30N4OS. The summed E-state index contributed by atoms with van der Waals surface area (Å²) in [7, 11) is 0. The van der Waals surface area contributed by atoms with Crippen LogP contribution in [0.5, 0.6) is 0 Å². The summed E-state index contributed by atoms with van der Waals surface area (Å²) in [5, 5.41) is 6.86. The van der Waals surface area contributed by atoms with Crippen LogP contribution in [-0.4, -0.2) is 19.5 Å². The molecule has 0 saturated heterocycles. The lowest BCUT2D eigenvalue weighted by Gasteiger charge is -2.10. The van der Waals surface area contributed by atoms with Crippen LogP contribution in [0.15, 0.2) is 186 Å². The molecule has 0 radical (unpaired) electrons. The molecule has 266 valence electrons. The van der Waals surface area contributed by atoms with Crippen molar-refractivity contribution in [1.29, 1.82) is 0 Å². The number of rotatable bonds is 5. The van der Waals surface area contributed by atoms with Gasteiger partial charge in [0.1, 0.15) is 11.2 Å². The fourth-order valence-electron chi connectivity index (χ4n) is 8.55. The third-order valence-electron chi connectivity index (χ3n) is 11.1. The van der Waals surface area contributed by atoms with Crippen molar-refractivity contribution < 1.29 is 4.42 Å². The molecule has 5 nitrogen and oxygen atoms in total. The zero-order valence-electron chi connectivity index (χ0n) is 30.4. The van der Waals surface area contributed by atoms with Crippen LogP contribution in [0.1, 0.15) is 0 Å². The fraction of sp³-hybridized carbons (Fsp3) is 0. The van der Waals surface area contributed by atoms with Crippen molar-refractivity contribution in [3.8, 4) is 51.0 Å². The molecule has 0 amide bonds. The Morgan fingerprint density at radius 2 is 1.05 bits per heavy atom. The predicted octanol–water partition coefficient (Wildman–Crippen LogP) is 13.9. The van der Waals surface area contributed by atoms with Gasteiger partial charge in [-0.3, -0.25) is 0 Å². The molecular weight excluding hydrogens is 717 g/mol. The van der Waals surface area contributed by atoms with E-state index in [0.717, 1.165) is 65.7 Å². The molecule has 6 heteroatoms. The Labute approximate surface area is 330 Å². The van der Waals surface area contributed by atoms with Crippen molar-refractivity contribution in [3.05, 3.63) is 182 Å². The predicted molar refractivity (Wildman–Crippen MR) is 236 cm³/mol. The average molecular weight is 747 g/mol. The van der Waals surface area contributed by atoms with Crippen molar-refractivity contribution in [2.75, 3.05) is 0 Å². The molecule has 0 unspecified atom stereocenters. The molecule has 4 heterocycles. The highest BCUT2D eigenvalue weighted by Crippen LogP contribution is 2.43. The van der Waals surface area contributed by atoms with Crippen LogP contribution >= 0.6 is 11.3 Å². The monoisotopic (exact) mass is 746 g/mol. The highest BCUT2D eigenvalue weighted by Gasteiger charge is 2.21. The van der Waals surface area contributed by atoms with Gasteiger partial charge in [-0.1, -0.05) is 127 Å². The Morgan fingerprint density at radius 1 is 0.404 bits per heavy atom. The topological polar surface area (TPSA) is 56.7 Å². The first-order valence-electron chi connectivity index (χ1n) is 19.0. The van der Waals surface area contributed by atoms with E-state index in [4.69, 9.17) is 19.4 Å². The molecule has 0 saturated carbocycles. The molecule has 0 aliphatic heterocycles. The van der Waals surface area contributed by atoms with Gasteiger partial charge in [0.25, 0.3) is 0 Å². The minimum Gasteiger partial charge on any atom is -0.456 e. The zero-order valence-corrected chi connectivity index (χ0v) is 31.2. The minimum atomic E-state index is 0.601. The number of furan rings is 1. The van der Waals surface area contributed by atoms with E-state index in [0.29, 0.717) is 17.5 Å². The molecule has 8 aromatic carbocycles. The van der Waals surface area contributed by atoms with Crippen LogP contribution in [0.25, 0.3) is 115 Å². The van der Waals surface area contributed by atoms with E-state index in [1.54, 1.807) is 11.3 Å². The molecule has 0 aliphatic carbocycles. The second-order valence-electron chi connectivity index (χ2n) is 14.3. The lowest BCUT2D eigenvalue weighted by atomic mass is 9.97. The molecule has 4 aromatic heterocycles. The Morgan fingerprint density at radius 3 is 1.93 bits per heavy atom. The average Bonchev–Trinajstić information content (AvgIpc) is 3.96. The van der Waals surface area contributed by atoms with Crippen LogP contribution in [0.3, 0.4) is 0 Å². The Kier molecular flexibility index (Phi) is 7.03. The van der Waals surface area contributed by atoms with E-state index < -0.39 is 0 Å². The van der Waals surface area contributed by atoms with E-state index in [-0.39, 0.29) is 0 Å². The Bertz CT molecular complexity index is 3530. The van der Waals surface area contributed by atoms with Crippen LogP contribution in [0, 0.1) is 0 Å². The van der Waals surface area contributed by atoms with Crippen LogP contribution in [0.2, 0.25) is 0 Å². The highest BCUT2D eigenvalue weighted by atomic mass is 32.1. The van der Waals surface area contributed by atoms with Crippen LogP contribution in [-0.2, 0) is 0 Å². The zero-order chi connectivity index (χ0) is 37.5. The standard InChI is InChI=1S/C51H30N4OS/c1-3-14-31(15-4-1)49-52-50(54-51(53-49)39-23-11-21-36-35-18-8-10-27-45(35)57-48(36)39)38-22-13-26-44-47(38)40-30-32(28-29-43(40)56-44)34-20-12-25-42-46(34)37-19-7-9-24-41(37)55(42)33-16-5-2-6-17-33/h1-30H. The lowest BCUT2D eigenvalue weighted by Crippen LogP contribution is -2.00. The largest absolute Gasteiger partial charge is 0.456 e. The van der Waals surface area contributed by atoms with Gasteiger partial charge in [0.15, 0.2) is 17.5 Å². The number of fused-ring (bicyclic) bond motifs is 9. The second-order valence-corrected chi connectivity index (χ2v) is 15.4. The van der Waals surface area contributed by atoms with Crippen molar-refractivity contribution >= 4 is 75.3 Å². The number of hydrogen-bond donors (Lipinski definition) is 0. The maximum atomic E-state index is 6.57. The van der Waals surface area contributed by atoms with Gasteiger partial charge in [-0.15, -0.1) is 11.3 Å². The maximum absolute atomic E-state index is 6.57. The van der Waals surface area contributed by atoms with Crippen molar-refractivity contribution in [2.45, 2.75) is 0 Å². The van der Waals surface area contributed by atoms with E-state index >= 15 is 0 Å². The highest BCUT2D eigenvalue weighted by molar-refractivity contribution is 7.26. The summed E-state index contributed by atoms with van der Waals surface area (Å²) in [6, 6.07) is 63.7. The molecule has 0 spiro atoms. The van der Waals surface area contributed by atoms with Gasteiger partial charge in [0.2, 0.25) is 0 Å². The van der Waals surface area contributed by atoms with Gasteiger partial charge in [0.05, 0.1) is 11.0 Å². The van der Waals surface area contributed by atoms with Crippen LogP contribution < -0.4 is 0 Å². The van der Waals surface area contributed by atoms with E-state index in [9.17, 15) is 0 Å². The second kappa shape index (κ2) is 12.6. The van der Waals surface area contributed by atoms with Gasteiger partial charge in [-0.2, -0.15) is 0 Å². The Hall–Kier alpha value is -7.41. The summed E-state index contributed by atoms with van der Waals surface area (Å²) in [6.07, 6.45) is 0. The third kappa shape index (κ3) is 4.98. The van der Waals surface area contributed by atoms with Gasteiger partial charge in [-0.25, -0.2) is 15.0 Å². The molecule has 0 atom stereocenters. The molecule has 57 heavy (non-hydrogen) atoms. The third-order valence-corrected chi connectivity index (χ3v) is 12.3. The van der Waals surface area contributed by atoms with Crippen molar-refractivity contribution in [1.82, 2.24) is 19.5 Å². The first-order chi connectivity index (χ1) is 28.3. The number of thiophene rings is 1. The molecule has 12 aromatic rings. The fourth-order valence-corrected chi connectivity index (χ4v) is 9.76.